The normalized spacial score (nSPS) is 14.5. The zero-order valence-electron chi connectivity index (χ0n) is 17.6. The van der Waals surface area contributed by atoms with E-state index in [9.17, 15) is 18.0 Å². The topological polar surface area (TPSA) is 72.3 Å². The second kappa shape index (κ2) is 8.62. The molecule has 3 heterocycles. The van der Waals surface area contributed by atoms with Crippen molar-refractivity contribution in [1.82, 2.24) is 14.8 Å². The van der Waals surface area contributed by atoms with Crippen molar-refractivity contribution in [3.63, 3.8) is 0 Å². The van der Waals surface area contributed by atoms with E-state index >= 15 is 0 Å². The Bertz CT molecular complexity index is 1120. The number of aryl methyl sites for hydroxylation is 2. The minimum absolute atomic E-state index is 0.00767. The number of morpholine rings is 1. The van der Waals surface area contributed by atoms with Crippen LogP contribution in [0.1, 0.15) is 27.3 Å². The maximum Gasteiger partial charge on any atom is 0.416 e. The minimum atomic E-state index is -4.55. The van der Waals surface area contributed by atoms with Gasteiger partial charge in [-0.2, -0.15) is 18.3 Å². The summed E-state index contributed by atoms with van der Waals surface area (Å²) in [6.45, 7) is 6.19. The predicted octanol–water partition coefficient (Wildman–Crippen LogP) is 3.99. The minimum Gasteiger partial charge on any atom is -0.378 e. The molecule has 0 atom stereocenters. The van der Waals surface area contributed by atoms with E-state index in [0.29, 0.717) is 43.5 Å². The molecule has 1 fully saturated rings. The molecule has 1 aliphatic heterocycles. The lowest BCUT2D eigenvalue weighted by atomic mass is 10.1. The molecule has 1 saturated heterocycles. The van der Waals surface area contributed by atoms with Crippen molar-refractivity contribution >= 4 is 17.4 Å². The third-order valence-electron chi connectivity index (χ3n) is 5.16. The van der Waals surface area contributed by atoms with Crippen molar-refractivity contribution in [2.24, 2.45) is 0 Å². The SMILES string of the molecule is Cc1cc(C)n(-c2ccc(C(F)(F)F)cc2NC(=O)c2ccc(N3CCOCC3)nc2)n1. The molecule has 0 unspecified atom stereocenters. The third-order valence-corrected chi connectivity index (χ3v) is 5.16. The highest BCUT2D eigenvalue weighted by Crippen LogP contribution is 2.34. The summed E-state index contributed by atoms with van der Waals surface area (Å²) in [5.41, 5.74) is 1.16. The van der Waals surface area contributed by atoms with E-state index in [1.165, 1.54) is 16.9 Å². The number of halogens is 3. The fourth-order valence-electron chi connectivity index (χ4n) is 3.56. The van der Waals surface area contributed by atoms with Gasteiger partial charge < -0.3 is 15.0 Å². The van der Waals surface area contributed by atoms with Crippen LogP contribution in [-0.4, -0.2) is 47.0 Å². The summed E-state index contributed by atoms with van der Waals surface area (Å²) in [5, 5.41) is 6.93. The van der Waals surface area contributed by atoms with Crippen LogP contribution in [0.5, 0.6) is 0 Å². The number of alkyl halides is 3. The van der Waals surface area contributed by atoms with Gasteiger partial charge in [0.15, 0.2) is 0 Å². The molecule has 10 heteroatoms. The maximum atomic E-state index is 13.3. The standard InChI is InChI=1S/C22H22F3N5O2/c1-14-11-15(2)30(28-14)19-5-4-17(22(23,24)25)12-18(19)27-21(31)16-3-6-20(26-13-16)29-7-9-32-10-8-29/h3-6,11-13H,7-10H2,1-2H3,(H,27,31). The molecule has 2 aromatic heterocycles. The number of aromatic nitrogens is 3. The molecule has 168 valence electrons. The molecule has 0 radical (unpaired) electrons. The van der Waals surface area contributed by atoms with Gasteiger partial charge in [0.25, 0.3) is 5.91 Å². The van der Waals surface area contributed by atoms with Crippen molar-refractivity contribution in [3.8, 4) is 5.69 Å². The molecule has 32 heavy (non-hydrogen) atoms. The number of ether oxygens (including phenoxy) is 1. The third kappa shape index (κ3) is 4.59. The zero-order chi connectivity index (χ0) is 22.9. The number of nitrogens with zero attached hydrogens (tertiary/aromatic N) is 4. The van der Waals surface area contributed by atoms with Crippen LogP contribution in [0.4, 0.5) is 24.7 Å². The van der Waals surface area contributed by atoms with Crippen molar-refractivity contribution in [3.05, 3.63) is 65.1 Å². The highest BCUT2D eigenvalue weighted by atomic mass is 19.4. The monoisotopic (exact) mass is 445 g/mol. The molecule has 3 aromatic rings. The lowest BCUT2D eigenvalue weighted by molar-refractivity contribution is -0.137. The molecule has 0 aliphatic carbocycles. The number of hydrogen-bond acceptors (Lipinski definition) is 5. The van der Waals surface area contributed by atoms with Gasteiger partial charge in [0.1, 0.15) is 5.82 Å². The van der Waals surface area contributed by atoms with Crippen LogP contribution < -0.4 is 10.2 Å². The zero-order valence-corrected chi connectivity index (χ0v) is 17.6. The number of benzene rings is 1. The van der Waals surface area contributed by atoms with E-state index in [4.69, 9.17) is 4.74 Å². The first-order valence-electron chi connectivity index (χ1n) is 10.1. The van der Waals surface area contributed by atoms with E-state index in [1.807, 2.05) is 4.90 Å². The van der Waals surface area contributed by atoms with E-state index in [0.717, 1.165) is 17.8 Å². The average molecular weight is 445 g/mol. The molecule has 0 bridgehead atoms. The summed E-state index contributed by atoms with van der Waals surface area (Å²) in [6, 6.07) is 8.31. The van der Waals surface area contributed by atoms with Crippen molar-refractivity contribution in [2.75, 3.05) is 36.5 Å². The summed E-state index contributed by atoms with van der Waals surface area (Å²) in [5.74, 6) is 0.153. The lowest BCUT2D eigenvalue weighted by Crippen LogP contribution is -2.36. The van der Waals surface area contributed by atoms with Crippen LogP contribution in [0, 0.1) is 13.8 Å². The summed E-state index contributed by atoms with van der Waals surface area (Å²) in [6.07, 6.45) is -3.13. The second-order valence-electron chi connectivity index (χ2n) is 7.53. The summed E-state index contributed by atoms with van der Waals surface area (Å²) >= 11 is 0. The van der Waals surface area contributed by atoms with E-state index in [-0.39, 0.29) is 11.3 Å². The van der Waals surface area contributed by atoms with Crippen molar-refractivity contribution in [2.45, 2.75) is 20.0 Å². The first-order valence-corrected chi connectivity index (χ1v) is 10.1. The molecule has 1 aromatic carbocycles. The molecule has 1 N–H and O–H groups in total. The van der Waals surface area contributed by atoms with Crippen LogP contribution in [0.25, 0.3) is 5.69 Å². The number of carbonyl (C=O) groups is 1. The summed E-state index contributed by atoms with van der Waals surface area (Å²) in [4.78, 5) is 19.2. The predicted molar refractivity (Wildman–Crippen MR) is 113 cm³/mol. The fourth-order valence-corrected chi connectivity index (χ4v) is 3.56. The van der Waals surface area contributed by atoms with Crippen LogP contribution in [-0.2, 0) is 10.9 Å². The van der Waals surface area contributed by atoms with Gasteiger partial charge in [-0.3, -0.25) is 4.79 Å². The first kappa shape index (κ1) is 21.8. The molecule has 0 saturated carbocycles. The Kier molecular flexibility index (Phi) is 5.88. The van der Waals surface area contributed by atoms with Gasteiger partial charge in [-0.25, -0.2) is 9.67 Å². The van der Waals surface area contributed by atoms with Crippen molar-refractivity contribution < 1.29 is 22.7 Å². The van der Waals surface area contributed by atoms with Gasteiger partial charge in [0.05, 0.1) is 41.4 Å². The Morgan fingerprint density at radius 1 is 1.09 bits per heavy atom. The molecule has 4 rings (SSSR count). The van der Waals surface area contributed by atoms with E-state index in [2.05, 4.69) is 15.4 Å². The van der Waals surface area contributed by atoms with Crippen LogP contribution in [0.3, 0.4) is 0 Å². The number of rotatable bonds is 4. The molecular weight excluding hydrogens is 423 g/mol. The quantitative estimate of drug-likeness (QED) is 0.658. The van der Waals surface area contributed by atoms with Gasteiger partial charge in [-0.1, -0.05) is 0 Å². The Morgan fingerprint density at radius 3 is 2.44 bits per heavy atom. The number of pyridine rings is 1. The Morgan fingerprint density at radius 2 is 1.84 bits per heavy atom. The highest BCUT2D eigenvalue weighted by molar-refractivity contribution is 6.05. The summed E-state index contributed by atoms with van der Waals surface area (Å²) < 4.78 is 46.7. The lowest BCUT2D eigenvalue weighted by Gasteiger charge is -2.27. The molecule has 1 amide bonds. The Labute approximate surface area is 182 Å². The van der Waals surface area contributed by atoms with Crippen LogP contribution in [0.2, 0.25) is 0 Å². The number of hydrogen-bond donors (Lipinski definition) is 1. The van der Waals surface area contributed by atoms with Crippen molar-refractivity contribution in [1.29, 1.82) is 0 Å². The Hall–Kier alpha value is -3.40. The Balaban J connectivity index is 1.63. The average Bonchev–Trinajstić information content (AvgIpc) is 3.11. The van der Waals surface area contributed by atoms with Gasteiger partial charge in [-0.05, 0) is 50.2 Å². The van der Waals surface area contributed by atoms with Gasteiger partial charge in [0, 0.05) is 25.0 Å². The largest absolute Gasteiger partial charge is 0.416 e. The fraction of sp³-hybridized carbons (Fsp3) is 0.318. The van der Waals surface area contributed by atoms with Crippen LogP contribution >= 0.6 is 0 Å². The van der Waals surface area contributed by atoms with Crippen LogP contribution in [0.15, 0.2) is 42.6 Å². The maximum absolute atomic E-state index is 13.3. The van der Waals surface area contributed by atoms with E-state index < -0.39 is 17.6 Å². The number of carbonyl (C=O) groups excluding carboxylic acids is 1. The molecular formula is C22H22F3N5O2. The number of amides is 1. The van der Waals surface area contributed by atoms with Gasteiger partial charge in [0.2, 0.25) is 0 Å². The summed E-state index contributed by atoms with van der Waals surface area (Å²) in [7, 11) is 0. The van der Waals surface area contributed by atoms with Gasteiger partial charge >= 0.3 is 6.18 Å². The second-order valence-corrected chi connectivity index (χ2v) is 7.53. The van der Waals surface area contributed by atoms with Gasteiger partial charge in [-0.15, -0.1) is 0 Å². The number of nitrogens with one attached hydrogen (secondary N) is 1. The number of anilines is 2. The molecule has 7 nitrogen and oxygen atoms in total. The smallest absolute Gasteiger partial charge is 0.378 e. The highest BCUT2D eigenvalue weighted by Gasteiger charge is 2.31. The van der Waals surface area contributed by atoms with E-state index in [1.54, 1.807) is 32.0 Å². The molecule has 1 aliphatic rings. The first-order chi connectivity index (χ1) is 15.2. The molecule has 0 spiro atoms.